The average Bonchev–Trinajstić information content (AvgIpc) is 2.93. The molecule has 1 saturated carbocycles. The fourth-order valence-corrected chi connectivity index (χ4v) is 6.51. The zero-order chi connectivity index (χ0) is 29.9. The van der Waals surface area contributed by atoms with Gasteiger partial charge in [0.05, 0.1) is 18.0 Å². The normalized spacial score (nSPS) is 16.4. The van der Waals surface area contributed by atoms with Crippen molar-refractivity contribution in [2.45, 2.75) is 56.6 Å². The van der Waals surface area contributed by atoms with E-state index in [0.717, 1.165) is 37.9 Å². The summed E-state index contributed by atoms with van der Waals surface area (Å²) in [5, 5.41) is 3.35. The third-order valence-electron chi connectivity index (χ3n) is 7.46. The number of ether oxygens (including phenoxy) is 1. The van der Waals surface area contributed by atoms with Crippen molar-refractivity contribution in [1.29, 1.82) is 0 Å². The molecule has 0 unspecified atom stereocenters. The number of likely N-dealkylation sites (N-methyl/N-ethyl adjacent to an activating group) is 1. The quantitative estimate of drug-likeness (QED) is 0.344. The van der Waals surface area contributed by atoms with E-state index in [9.17, 15) is 13.2 Å². The predicted octanol–water partition coefficient (Wildman–Crippen LogP) is 4.47. The first kappa shape index (κ1) is 30.2. The van der Waals surface area contributed by atoms with Crippen LogP contribution in [0.3, 0.4) is 0 Å². The van der Waals surface area contributed by atoms with Gasteiger partial charge in [-0.15, -0.1) is 0 Å². The zero-order valence-corrected chi connectivity index (χ0v) is 25.7. The number of rotatable bonds is 10. The van der Waals surface area contributed by atoms with Gasteiger partial charge in [-0.1, -0.05) is 30.2 Å². The van der Waals surface area contributed by atoms with E-state index < -0.39 is 10.0 Å². The number of halogens is 1. The van der Waals surface area contributed by atoms with E-state index in [0.29, 0.717) is 35.9 Å². The van der Waals surface area contributed by atoms with Crippen molar-refractivity contribution in [3.05, 3.63) is 70.6 Å². The fourth-order valence-electron chi connectivity index (χ4n) is 4.90. The molecule has 5 rings (SSSR count). The molecule has 0 spiro atoms. The summed E-state index contributed by atoms with van der Waals surface area (Å²) in [6.45, 7) is 6.92. The summed E-state index contributed by atoms with van der Waals surface area (Å²) < 4.78 is 35.1. The highest BCUT2D eigenvalue weighted by molar-refractivity contribution is 7.89. The van der Waals surface area contributed by atoms with Crippen molar-refractivity contribution in [2.24, 2.45) is 0 Å². The Morgan fingerprint density at radius 1 is 1.12 bits per heavy atom. The number of carbonyl (C=O) groups excluding carboxylic acids is 1. The van der Waals surface area contributed by atoms with Gasteiger partial charge in [-0.25, -0.2) is 23.1 Å². The molecule has 1 saturated heterocycles. The SMILES string of the molecule is CC(C)Oc1ccc(C(=O)N2CCN(C)CC2)cc1Cc1ncc(Cl)c(Nc2ccccc2S(=O)(=O)NC2CCC2)n1. The maximum atomic E-state index is 13.3. The Kier molecular flexibility index (Phi) is 9.32. The van der Waals surface area contributed by atoms with E-state index >= 15 is 0 Å². The maximum Gasteiger partial charge on any atom is 0.253 e. The van der Waals surface area contributed by atoms with Crippen LogP contribution in [0.2, 0.25) is 5.02 Å². The number of carbonyl (C=O) groups is 1. The van der Waals surface area contributed by atoms with Crippen molar-refractivity contribution in [3.8, 4) is 5.75 Å². The minimum Gasteiger partial charge on any atom is -0.491 e. The summed E-state index contributed by atoms with van der Waals surface area (Å²) in [5.74, 6) is 1.34. The molecule has 3 aromatic rings. The zero-order valence-electron chi connectivity index (χ0n) is 24.1. The third-order valence-corrected chi connectivity index (χ3v) is 9.32. The minimum atomic E-state index is -3.74. The van der Waals surface area contributed by atoms with Gasteiger partial charge in [0.1, 0.15) is 21.5 Å². The van der Waals surface area contributed by atoms with Gasteiger partial charge in [-0.05, 0) is 64.1 Å². The number of amides is 1. The summed E-state index contributed by atoms with van der Waals surface area (Å²) in [6, 6.07) is 12.1. The Hall–Kier alpha value is -3.25. The fraction of sp³-hybridized carbons (Fsp3) is 0.433. The lowest BCUT2D eigenvalue weighted by Crippen LogP contribution is -2.47. The van der Waals surface area contributed by atoms with E-state index in [1.807, 2.05) is 30.9 Å². The number of para-hydroxylation sites is 1. The number of benzene rings is 2. The number of aromatic nitrogens is 2. The summed E-state index contributed by atoms with van der Waals surface area (Å²) in [5.41, 5.74) is 1.71. The van der Waals surface area contributed by atoms with Crippen LogP contribution in [-0.2, 0) is 16.4 Å². The third kappa shape index (κ3) is 7.20. The second kappa shape index (κ2) is 12.9. The van der Waals surface area contributed by atoms with Crippen molar-refractivity contribution in [1.82, 2.24) is 24.5 Å². The Morgan fingerprint density at radius 2 is 1.86 bits per heavy atom. The lowest BCUT2D eigenvalue weighted by atomic mass is 9.94. The highest BCUT2D eigenvalue weighted by atomic mass is 35.5. The molecule has 12 heteroatoms. The first-order chi connectivity index (χ1) is 20.1. The Labute approximate surface area is 252 Å². The van der Waals surface area contributed by atoms with Crippen molar-refractivity contribution in [3.63, 3.8) is 0 Å². The summed E-state index contributed by atoms with van der Waals surface area (Å²) in [6.07, 6.45) is 4.38. The van der Waals surface area contributed by atoms with Crippen LogP contribution in [0.4, 0.5) is 11.5 Å². The van der Waals surface area contributed by atoms with Crippen LogP contribution in [0.15, 0.2) is 53.6 Å². The molecule has 10 nitrogen and oxygen atoms in total. The largest absolute Gasteiger partial charge is 0.491 e. The topological polar surface area (TPSA) is 117 Å². The Balaban J connectivity index is 1.40. The standard InChI is InChI=1S/C30H37ClN6O4S/c1-20(2)41-26-12-11-21(30(38)37-15-13-36(3)14-16-37)17-22(26)18-28-32-19-24(31)29(34-28)33-25-9-4-5-10-27(25)42(39,40)35-23-7-6-8-23/h4-5,9-12,17,19-20,23,35H,6-8,13-16,18H2,1-3H3,(H,32,33,34). The van der Waals surface area contributed by atoms with E-state index in [4.69, 9.17) is 16.3 Å². The van der Waals surface area contributed by atoms with Crippen LogP contribution < -0.4 is 14.8 Å². The van der Waals surface area contributed by atoms with Crippen LogP contribution >= 0.6 is 11.6 Å². The molecule has 1 aliphatic heterocycles. The second-order valence-corrected chi connectivity index (χ2v) is 13.2. The van der Waals surface area contributed by atoms with E-state index in [2.05, 4.69) is 32.0 Å². The average molecular weight is 613 g/mol. The molecular formula is C30H37ClN6O4S. The van der Waals surface area contributed by atoms with Crippen LogP contribution in [0.25, 0.3) is 0 Å². The van der Waals surface area contributed by atoms with Gasteiger partial charge in [0, 0.05) is 49.8 Å². The molecule has 42 heavy (non-hydrogen) atoms. The first-order valence-electron chi connectivity index (χ1n) is 14.3. The highest BCUT2D eigenvalue weighted by Gasteiger charge is 2.27. The van der Waals surface area contributed by atoms with Gasteiger partial charge in [0.2, 0.25) is 10.0 Å². The Bertz CT molecular complexity index is 1540. The number of hydrogen-bond acceptors (Lipinski definition) is 8. The number of anilines is 2. The lowest BCUT2D eigenvalue weighted by Gasteiger charge is -2.32. The number of piperazine rings is 1. The molecule has 2 aliphatic rings. The molecule has 1 amide bonds. The number of hydrogen-bond donors (Lipinski definition) is 2. The minimum absolute atomic E-state index is 0.0202. The molecule has 0 radical (unpaired) electrons. The van der Waals surface area contributed by atoms with Crippen LogP contribution in [0, 0.1) is 0 Å². The van der Waals surface area contributed by atoms with Gasteiger partial charge < -0.3 is 19.9 Å². The smallest absolute Gasteiger partial charge is 0.253 e. The van der Waals surface area contributed by atoms with Crippen LogP contribution in [-0.4, -0.2) is 79.5 Å². The molecule has 2 fully saturated rings. The Morgan fingerprint density at radius 3 is 2.55 bits per heavy atom. The van der Waals surface area contributed by atoms with Gasteiger partial charge in [0.15, 0.2) is 5.82 Å². The molecule has 0 bridgehead atoms. The van der Waals surface area contributed by atoms with Gasteiger partial charge in [0.25, 0.3) is 5.91 Å². The molecule has 2 aromatic carbocycles. The summed E-state index contributed by atoms with van der Waals surface area (Å²) >= 11 is 6.46. The van der Waals surface area contributed by atoms with Crippen LogP contribution in [0.5, 0.6) is 5.75 Å². The molecule has 2 N–H and O–H groups in total. The monoisotopic (exact) mass is 612 g/mol. The van der Waals surface area contributed by atoms with Crippen molar-refractivity contribution >= 4 is 39.0 Å². The van der Waals surface area contributed by atoms with Crippen LogP contribution in [0.1, 0.15) is 54.9 Å². The van der Waals surface area contributed by atoms with E-state index in [1.54, 1.807) is 30.3 Å². The number of nitrogens with one attached hydrogen (secondary N) is 2. The molecule has 0 atom stereocenters. The van der Waals surface area contributed by atoms with Gasteiger partial charge in [-0.3, -0.25) is 4.79 Å². The van der Waals surface area contributed by atoms with Gasteiger partial charge >= 0.3 is 0 Å². The van der Waals surface area contributed by atoms with E-state index in [1.165, 1.54) is 6.20 Å². The number of sulfonamides is 1. The molecule has 224 valence electrons. The molecular weight excluding hydrogens is 576 g/mol. The molecule has 2 heterocycles. The molecule has 1 aliphatic carbocycles. The summed E-state index contributed by atoms with van der Waals surface area (Å²) in [4.78, 5) is 26.6. The predicted molar refractivity (Wildman–Crippen MR) is 163 cm³/mol. The van der Waals surface area contributed by atoms with Crippen molar-refractivity contribution in [2.75, 3.05) is 38.5 Å². The second-order valence-electron chi connectivity index (χ2n) is 11.1. The van der Waals surface area contributed by atoms with Crippen molar-refractivity contribution < 1.29 is 17.9 Å². The van der Waals surface area contributed by atoms with Gasteiger partial charge in [-0.2, -0.15) is 0 Å². The summed E-state index contributed by atoms with van der Waals surface area (Å²) in [7, 11) is -1.69. The highest BCUT2D eigenvalue weighted by Crippen LogP contribution is 2.30. The van der Waals surface area contributed by atoms with E-state index in [-0.39, 0.29) is 40.2 Å². The number of nitrogens with zero attached hydrogens (tertiary/aromatic N) is 4. The first-order valence-corrected chi connectivity index (χ1v) is 16.1. The molecule has 1 aromatic heterocycles. The lowest BCUT2D eigenvalue weighted by molar-refractivity contribution is 0.0664. The maximum absolute atomic E-state index is 13.3.